The lowest BCUT2D eigenvalue weighted by molar-refractivity contribution is 0.0598. The summed E-state index contributed by atoms with van der Waals surface area (Å²) in [5.74, 6) is 0.386. The first-order valence-electron chi connectivity index (χ1n) is 6.84. The lowest BCUT2D eigenvalue weighted by Crippen LogP contribution is -2.39. The molecule has 1 amide bonds. The second-order valence-corrected chi connectivity index (χ2v) is 5.12. The SMILES string of the molecule is COC(=O)c1cc(C2Nc3ccccc3C(=O)N2C)oc1C. The fraction of sp³-hybridized carbons (Fsp3) is 0.250. The second-order valence-electron chi connectivity index (χ2n) is 5.12. The van der Waals surface area contributed by atoms with E-state index in [2.05, 4.69) is 5.32 Å². The molecule has 1 atom stereocenters. The van der Waals surface area contributed by atoms with Crippen LogP contribution in [-0.2, 0) is 4.74 Å². The molecule has 0 aliphatic carbocycles. The Morgan fingerprint density at radius 3 is 2.82 bits per heavy atom. The third-order valence-corrected chi connectivity index (χ3v) is 3.77. The Bertz CT molecular complexity index is 750. The van der Waals surface area contributed by atoms with Gasteiger partial charge in [0.05, 0.1) is 12.7 Å². The van der Waals surface area contributed by atoms with Gasteiger partial charge in [-0.15, -0.1) is 0 Å². The molecule has 1 aromatic heterocycles. The summed E-state index contributed by atoms with van der Waals surface area (Å²) < 4.78 is 10.4. The number of hydrogen-bond acceptors (Lipinski definition) is 5. The number of amides is 1. The molecule has 114 valence electrons. The lowest BCUT2D eigenvalue weighted by Gasteiger charge is -2.33. The maximum absolute atomic E-state index is 12.4. The number of fused-ring (bicyclic) bond motifs is 1. The van der Waals surface area contributed by atoms with E-state index in [4.69, 9.17) is 9.15 Å². The molecule has 2 aromatic rings. The third kappa shape index (κ3) is 2.13. The van der Waals surface area contributed by atoms with E-state index >= 15 is 0 Å². The van der Waals surface area contributed by atoms with Crippen molar-refractivity contribution >= 4 is 17.6 Å². The van der Waals surface area contributed by atoms with Crippen LogP contribution in [-0.4, -0.2) is 30.9 Å². The minimum Gasteiger partial charge on any atom is -0.465 e. The number of furan rings is 1. The number of nitrogens with zero attached hydrogens (tertiary/aromatic N) is 1. The highest BCUT2D eigenvalue weighted by molar-refractivity contribution is 6.01. The van der Waals surface area contributed by atoms with Gasteiger partial charge in [0.25, 0.3) is 5.91 Å². The van der Waals surface area contributed by atoms with Crippen molar-refractivity contribution in [1.82, 2.24) is 4.90 Å². The zero-order valence-corrected chi connectivity index (χ0v) is 12.5. The fourth-order valence-corrected chi connectivity index (χ4v) is 2.56. The number of nitrogens with one attached hydrogen (secondary N) is 1. The van der Waals surface area contributed by atoms with Crippen LogP contribution < -0.4 is 5.32 Å². The van der Waals surface area contributed by atoms with Gasteiger partial charge in [-0.25, -0.2) is 4.79 Å². The summed E-state index contributed by atoms with van der Waals surface area (Å²) in [6, 6.07) is 8.89. The number of carbonyl (C=O) groups is 2. The van der Waals surface area contributed by atoms with Crippen molar-refractivity contribution in [2.24, 2.45) is 0 Å². The minimum absolute atomic E-state index is 0.104. The minimum atomic E-state index is -0.473. The van der Waals surface area contributed by atoms with Crippen molar-refractivity contribution in [2.75, 3.05) is 19.5 Å². The summed E-state index contributed by atoms with van der Waals surface area (Å²) in [5, 5.41) is 3.25. The molecule has 0 bridgehead atoms. The molecule has 0 saturated heterocycles. The summed E-state index contributed by atoms with van der Waals surface area (Å²) >= 11 is 0. The van der Waals surface area contributed by atoms with Crippen LogP contribution >= 0.6 is 0 Å². The van der Waals surface area contributed by atoms with E-state index in [1.165, 1.54) is 7.11 Å². The average molecular weight is 300 g/mol. The van der Waals surface area contributed by atoms with Crippen LogP contribution in [0.2, 0.25) is 0 Å². The topological polar surface area (TPSA) is 71.8 Å². The van der Waals surface area contributed by atoms with Crippen LogP contribution in [0.15, 0.2) is 34.7 Å². The number of esters is 1. The number of methoxy groups -OCH3 is 1. The van der Waals surface area contributed by atoms with Crippen LogP contribution in [0.3, 0.4) is 0 Å². The largest absolute Gasteiger partial charge is 0.465 e. The number of benzene rings is 1. The van der Waals surface area contributed by atoms with Gasteiger partial charge in [-0.2, -0.15) is 0 Å². The molecule has 22 heavy (non-hydrogen) atoms. The van der Waals surface area contributed by atoms with E-state index in [0.717, 1.165) is 5.69 Å². The van der Waals surface area contributed by atoms with E-state index in [-0.39, 0.29) is 5.91 Å². The molecule has 6 nitrogen and oxygen atoms in total. The number of ether oxygens (including phenoxy) is 1. The number of rotatable bonds is 2. The Balaban J connectivity index is 2.00. The third-order valence-electron chi connectivity index (χ3n) is 3.77. The van der Waals surface area contributed by atoms with E-state index in [1.54, 1.807) is 31.0 Å². The Morgan fingerprint density at radius 1 is 1.36 bits per heavy atom. The van der Waals surface area contributed by atoms with Crippen LogP contribution in [0.5, 0.6) is 0 Å². The van der Waals surface area contributed by atoms with E-state index in [1.807, 2.05) is 18.2 Å². The van der Waals surface area contributed by atoms with Gasteiger partial charge in [-0.3, -0.25) is 4.79 Å². The molecule has 3 rings (SSSR count). The van der Waals surface area contributed by atoms with Gasteiger partial charge in [0.1, 0.15) is 17.1 Å². The molecule has 1 unspecified atom stereocenters. The Labute approximate surface area is 127 Å². The van der Waals surface area contributed by atoms with Crippen molar-refractivity contribution in [3.8, 4) is 0 Å². The summed E-state index contributed by atoms with van der Waals surface area (Å²) in [5.41, 5.74) is 1.71. The smallest absolute Gasteiger partial charge is 0.341 e. The standard InChI is InChI=1S/C16H16N2O4/c1-9-11(16(20)21-3)8-13(22-9)14-17-12-7-5-4-6-10(12)15(19)18(14)2/h4-8,14,17H,1-3H3. The quantitative estimate of drug-likeness (QED) is 0.863. The second kappa shape index (κ2) is 5.22. The molecule has 1 aliphatic rings. The average Bonchev–Trinajstić information content (AvgIpc) is 2.91. The van der Waals surface area contributed by atoms with Crippen molar-refractivity contribution < 1.29 is 18.7 Å². The van der Waals surface area contributed by atoms with Crippen LogP contribution in [0.25, 0.3) is 0 Å². The molecular formula is C16H16N2O4. The molecule has 1 N–H and O–H groups in total. The first kappa shape index (κ1) is 14.2. The predicted octanol–water partition coefficient (Wildman–Crippen LogP) is 2.57. The fourth-order valence-electron chi connectivity index (χ4n) is 2.56. The first-order valence-corrected chi connectivity index (χ1v) is 6.84. The van der Waals surface area contributed by atoms with Gasteiger partial charge in [0.2, 0.25) is 0 Å². The van der Waals surface area contributed by atoms with Gasteiger partial charge in [-0.1, -0.05) is 12.1 Å². The van der Waals surface area contributed by atoms with Crippen molar-refractivity contribution in [1.29, 1.82) is 0 Å². The van der Waals surface area contributed by atoms with Gasteiger partial charge < -0.3 is 19.4 Å². The molecule has 0 fully saturated rings. The highest BCUT2D eigenvalue weighted by Crippen LogP contribution is 2.33. The van der Waals surface area contributed by atoms with Crippen molar-refractivity contribution in [2.45, 2.75) is 13.1 Å². The lowest BCUT2D eigenvalue weighted by atomic mass is 10.1. The number of para-hydroxylation sites is 1. The Hall–Kier alpha value is -2.76. The summed E-state index contributed by atoms with van der Waals surface area (Å²) in [4.78, 5) is 25.7. The number of hydrogen-bond donors (Lipinski definition) is 1. The van der Waals surface area contributed by atoms with Crippen LogP contribution in [0, 0.1) is 6.92 Å². The summed E-state index contributed by atoms with van der Waals surface area (Å²) in [7, 11) is 3.00. The van der Waals surface area contributed by atoms with Crippen LogP contribution in [0.1, 0.15) is 38.4 Å². The Morgan fingerprint density at radius 2 is 2.09 bits per heavy atom. The number of carbonyl (C=O) groups excluding carboxylic acids is 2. The zero-order chi connectivity index (χ0) is 15.9. The summed E-state index contributed by atoms with van der Waals surface area (Å²) in [6.45, 7) is 1.69. The summed E-state index contributed by atoms with van der Waals surface area (Å²) in [6.07, 6.45) is -0.473. The monoisotopic (exact) mass is 300 g/mol. The number of aryl methyl sites for hydroxylation is 1. The van der Waals surface area contributed by atoms with E-state index in [9.17, 15) is 9.59 Å². The van der Waals surface area contributed by atoms with Crippen molar-refractivity contribution in [3.05, 3.63) is 53.0 Å². The molecule has 2 heterocycles. The molecule has 6 heteroatoms. The van der Waals surface area contributed by atoms with Crippen LogP contribution in [0.4, 0.5) is 5.69 Å². The van der Waals surface area contributed by atoms with E-state index in [0.29, 0.717) is 22.6 Å². The molecule has 1 aliphatic heterocycles. The highest BCUT2D eigenvalue weighted by Gasteiger charge is 2.33. The zero-order valence-electron chi connectivity index (χ0n) is 12.5. The molecular weight excluding hydrogens is 284 g/mol. The maximum Gasteiger partial charge on any atom is 0.341 e. The van der Waals surface area contributed by atoms with Crippen molar-refractivity contribution in [3.63, 3.8) is 0 Å². The molecule has 0 saturated carbocycles. The normalized spacial score (nSPS) is 17.0. The van der Waals surface area contributed by atoms with Gasteiger partial charge in [0, 0.05) is 12.7 Å². The molecule has 1 aromatic carbocycles. The van der Waals surface area contributed by atoms with Gasteiger partial charge in [0.15, 0.2) is 6.17 Å². The Kier molecular flexibility index (Phi) is 3.36. The predicted molar refractivity (Wildman–Crippen MR) is 79.7 cm³/mol. The van der Waals surface area contributed by atoms with Gasteiger partial charge >= 0.3 is 5.97 Å². The number of anilines is 1. The molecule has 0 spiro atoms. The highest BCUT2D eigenvalue weighted by atomic mass is 16.5. The van der Waals surface area contributed by atoms with E-state index < -0.39 is 12.1 Å². The molecule has 0 radical (unpaired) electrons. The van der Waals surface area contributed by atoms with Gasteiger partial charge in [-0.05, 0) is 25.1 Å². The maximum atomic E-state index is 12.4. The first-order chi connectivity index (χ1) is 10.5.